The molecule has 0 atom stereocenters. The van der Waals surface area contributed by atoms with E-state index in [4.69, 9.17) is 23.2 Å². The molecule has 0 aromatic heterocycles. The minimum atomic E-state index is -1.12. The van der Waals surface area contributed by atoms with Crippen molar-refractivity contribution in [2.75, 3.05) is 10.6 Å². The van der Waals surface area contributed by atoms with Crippen LogP contribution in [0.4, 0.5) is 11.4 Å². The van der Waals surface area contributed by atoms with Crippen LogP contribution in [0.5, 0.6) is 0 Å². The fraction of sp³-hybridized carbons (Fsp3) is 0.211. The second-order valence-corrected chi connectivity index (χ2v) is 7.01. The topological polar surface area (TPSA) is 75.3 Å². The van der Waals surface area contributed by atoms with Gasteiger partial charge in [0.25, 0.3) is 0 Å². The highest BCUT2D eigenvalue weighted by Crippen LogP contribution is 2.48. The van der Waals surface area contributed by atoms with Gasteiger partial charge in [0.15, 0.2) is 5.78 Å². The van der Waals surface area contributed by atoms with Crippen LogP contribution in [0.25, 0.3) is 0 Å². The largest absolute Gasteiger partial charge is 0.325 e. The first-order valence-electron chi connectivity index (χ1n) is 8.01. The number of amides is 2. The molecule has 1 aliphatic carbocycles. The molecule has 26 heavy (non-hydrogen) atoms. The van der Waals surface area contributed by atoms with Crippen molar-refractivity contribution < 1.29 is 14.4 Å². The van der Waals surface area contributed by atoms with Gasteiger partial charge in [-0.25, -0.2) is 0 Å². The number of benzene rings is 2. The van der Waals surface area contributed by atoms with E-state index >= 15 is 0 Å². The van der Waals surface area contributed by atoms with Crippen molar-refractivity contribution in [3.8, 4) is 0 Å². The van der Waals surface area contributed by atoms with Gasteiger partial charge in [-0.1, -0.05) is 29.3 Å². The van der Waals surface area contributed by atoms with Crippen LogP contribution < -0.4 is 10.6 Å². The van der Waals surface area contributed by atoms with Gasteiger partial charge in [0.2, 0.25) is 11.8 Å². The molecule has 0 bridgehead atoms. The molecule has 1 saturated carbocycles. The molecule has 0 aliphatic heterocycles. The Morgan fingerprint density at radius 1 is 0.923 bits per heavy atom. The zero-order valence-electron chi connectivity index (χ0n) is 13.9. The summed E-state index contributed by atoms with van der Waals surface area (Å²) in [7, 11) is 0. The zero-order chi connectivity index (χ0) is 18.9. The van der Waals surface area contributed by atoms with Crippen molar-refractivity contribution in [1.82, 2.24) is 0 Å². The Hall–Kier alpha value is -2.37. The Morgan fingerprint density at radius 3 is 2.12 bits per heavy atom. The van der Waals surface area contributed by atoms with Crippen LogP contribution in [-0.4, -0.2) is 17.6 Å². The highest BCUT2D eigenvalue weighted by molar-refractivity contribution is 6.44. The molecular formula is C19H16Cl2N2O3. The molecular weight excluding hydrogens is 375 g/mol. The minimum Gasteiger partial charge on any atom is -0.325 e. The third kappa shape index (κ3) is 3.59. The van der Waals surface area contributed by atoms with E-state index in [0.717, 1.165) is 0 Å². The molecule has 1 fully saturated rings. The Labute approximate surface area is 160 Å². The predicted molar refractivity (Wildman–Crippen MR) is 102 cm³/mol. The fourth-order valence-electron chi connectivity index (χ4n) is 2.56. The number of carbonyl (C=O) groups is 3. The van der Waals surface area contributed by atoms with Gasteiger partial charge in [0, 0.05) is 11.3 Å². The summed E-state index contributed by atoms with van der Waals surface area (Å²) in [5.74, 6) is -0.859. The molecule has 7 heteroatoms. The van der Waals surface area contributed by atoms with E-state index in [9.17, 15) is 14.4 Å². The molecule has 134 valence electrons. The number of hydrogen-bond acceptors (Lipinski definition) is 3. The van der Waals surface area contributed by atoms with Gasteiger partial charge in [-0.15, -0.1) is 0 Å². The highest BCUT2D eigenvalue weighted by atomic mass is 35.5. The molecule has 2 amide bonds. The van der Waals surface area contributed by atoms with Crippen LogP contribution in [-0.2, 0) is 9.59 Å². The molecule has 0 unspecified atom stereocenters. The SMILES string of the molecule is CC(=O)c1ccc(NC(=O)C2(C(=O)Nc3cccc(Cl)c3Cl)CC2)cc1. The number of halogens is 2. The van der Waals surface area contributed by atoms with Crippen LogP contribution in [0.3, 0.4) is 0 Å². The smallest absolute Gasteiger partial charge is 0.240 e. The summed E-state index contributed by atoms with van der Waals surface area (Å²) in [6.07, 6.45) is 0.906. The minimum absolute atomic E-state index is 0.0562. The van der Waals surface area contributed by atoms with Gasteiger partial charge in [0.05, 0.1) is 15.7 Å². The Morgan fingerprint density at radius 2 is 1.54 bits per heavy atom. The third-order valence-electron chi connectivity index (χ3n) is 4.37. The molecule has 2 aromatic rings. The third-order valence-corrected chi connectivity index (χ3v) is 5.19. The van der Waals surface area contributed by atoms with Crippen molar-refractivity contribution in [1.29, 1.82) is 0 Å². The van der Waals surface area contributed by atoms with E-state index in [2.05, 4.69) is 10.6 Å². The van der Waals surface area contributed by atoms with Crippen LogP contribution in [0.15, 0.2) is 42.5 Å². The van der Waals surface area contributed by atoms with Gasteiger partial charge in [-0.3, -0.25) is 14.4 Å². The number of rotatable bonds is 5. The molecule has 0 saturated heterocycles. The van der Waals surface area contributed by atoms with Crippen molar-refractivity contribution in [3.05, 3.63) is 58.1 Å². The number of anilines is 2. The van der Waals surface area contributed by atoms with Crippen molar-refractivity contribution in [3.63, 3.8) is 0 Å². The van der Waals surface area contributed by atoms with Crippen molar-refractivity contribution in [2.45, 2.75) is 19.8 Å². The predicted octanol–water partition coefficient (Wildman–Crippen LogP) is 4.55. The zero-order valence-corrected chi connectivity index (χ0v) is 15.4. The molecule has 2 aromatic carbocycles. The number of Topliss-reactive ketones (excluding diaryl/α,β-unsaturated/α-hetero) is 1. The van der Waals surface area contributed by atoms with Crippen LogP contribution >= 0.6 is 23.2 Å². The van der Waals surface area contributed by atoms with Crippen molar-refractivity contribution >= 4 is 52.2 Å². The number of carbonyl (C=O) groups excluding carboxylic acids is 3. The highest BCUT2D eigenvalue weighted by Gasteiger charge is 2.56. The first-order valence-corrected chi connectivity index (χ1v) is 8.77. The summed E-state index contributed by atoms with van der Waals surface area (Å²) in [5, 5.41) is 5.98. The fourth-order valence-corrected chi connectivity index (χ4v) is 2.91. The monoisotopic (exact) mass is 390 g/mol. The van der Waals surface area contributed by atoms with E-state index in [1.807, 2.05) is 0 Å². The molecule has 1 aliphatic rings. The van der Waals surface area contributed by atoms with E-state index < -0.39 is 11.3 Å². The normalized spacial score (nSPS) is 14.4. The maximum atomic E-state index is 12.6. The lowest BCUT2D eigenvalue weighted by molar-refractivity contribution is -0.131. The molecule has 0 spiro atoms. The van der Waals surface area contributed by atoms with E-state index in [-0.39, 0.29) is 16.7 Å². The molecule has 5 nitrogen and oxygen atoms in total. The van der Waals surface area contributed by atoms with Gasteiger partial charge >= 0.3 is 0 Å². The van der Waals surface area contributed by atoms with Gasteiger partial charge in [-0.05, 0) is 56.2 Å². The molecule has 3 rings (SSSR count). The lowest BCUT2D eigenvalue weighted by atomic mass is 10.0. The lowest BCUT2D eigenvalue weighted by Crippen LogP contribution is -2.35. The van der Waals surface area contributed by atoms with Gasteiger partial charge in [-0.2, -0.15) is 0 Å². The van der Waals surface area contributed by atoms with Crippen LogP contribution in [0, 0.1) is 5.41 Å². The standard InChI is InChI=1S/C19H16Cl2N2O3/c1-11(24)12-5-7-13(8-6-12)22-17(25)19(9-10-19)18(26)23-15-4-2-3-14(20)16(15)21/h2-8H,9-10H2,1H3,(H,22,25)(H,23,26). The van der Waals surface area contributed by atoms with E-state index in [0.29, 0.717) is 34.8 Å². The number of ketones is 1. The average Bonchev–Trinajstić information content (AvgIpc) is 3.41. The maximum absolute atomic E-state index is 12.6. The van der Waals surface area contributed by atoms with Crippen molar-refractivity contribution in [2.24, 2.45) is 5.41 Å². The van der Waals surface area contributed by atoms with Gasteiger partial charge < -0.3 is 10.6 Å². The second-order valence-electron chi connectivity index (χ2n) is 6.23. The maximum Gasteiger partial charge on any atom is 0.240 e. The van der Waals surface area contributed by atoms with Crippen LogP contribution in [0.1, 0.15) is 30.1 Å². The first kappa shape index (κ1) is 18.4. The Balaban J connectivity index is 1.71. The van der Waals surface area contributed by atoms with E-state index in [1.165, 1.54) is 6.92 Å². The number of nitrogens with one attached hydrogen (secondary N) is 2. The van der Waals surface area contributed by atoms with E-state index in [1.54, 1.807) is 42.5 Å². The summed E-state index contributed by atoms with van der Waals surface area (Å²) >= 11 is 12.0. The summed E-state index contributed by atoms with van der Waals surface area (Å²) in [4.78, 5) is 36.5. The summed E-state index contributed by atoms with van der Waals surface area (Å²) in [5.41, 5.74) is 0.330. The summed E-state index contributed by atoms with van der Waals surface area (Å²) in [6, 6.07) is 11.4. The number of hydrogen-bond donors (Lipinski definition) is 2. The lowest BCUT2D eigenvalue weighted by Gasteiger charge is -2.16. The quantitative estimate of drug-likeness (QED) is 0.580. The molecule has 0 heterocycles. The Bertz CT molecular complexity index is 890. The Kier molecular flexibility index (Phi) is 5.03. The second kappa shape index (κ2) is 7.09. The molecule has 0 radical (unpaired) electrons. The van der Waals surface area contributed by atoms with Gasteiger partial charge in [0.1, 0.15) is 5.41 Å². The first-order chi connectivity index (χ1) is 12.3. The summed E-state index contributed by atoms with van der Waals surface area (Å²) in [6.45, 7) is 1.47. The summed E-state index contributed by atoms with van der Waals surface area (Å²) < 4.78 is 0. The molecule has 2 N–H and O–H groups in total. The average molecular weight is 391 g/mol. The van der Waals surface area contributed by atoms with Crippen LogP contribution in [0.2, 0.25) is 10.0 Å².